The van der Waals surface area contributed by atoms with Crippen molar-refractivity contribution in [3.8, 4) is 17.1 Å². The molecule has 140 valence electrons. The molecule has 0 radical (unpaired) electrons. The normalized spacial score (nSPS) is 10.6. The van der Waals surface area contributed by atoms with Crippen molar-refractivity contribution in [2.45, 2.75) is 32.6 Å². The summed E-state index contributed by atoms with van der Waals surface area (Å²) >= 11 is 0. The number of unbranched alkanes of at least 4 members (excludes halogenated alkanes) is 1. The molecule has 0 fully saturated rings. The number of pyridine rings is 1. The molecule has 3 rings (SSSR count). The van der Waals surface area contributed by atoms with Crippen molar-refractivity contribution in [2.24, 2.45) is 0 Å². The average Bonchev–Trinajstić information content (AvgIpc) is 3.18. The zero-order valence-electron chi connectivity index (χ0n) is 15.2. The van der Waals surface area contributed by atoms with Gasteiger partial charge in [0, 0.05) is 30.8 Å². The predicted molar refractivity (Wildman–Crippen MR) is 101 cm³/mol. The van der Waals surface area contributed by atoms with E-state index in [1.807, 2.05) is 30.3 Å². The maximum Gasteiger partial charge on any atom is 0.227 e. The number of aromatic nitrogens is 3. The largest absolute Gasteiger partial charge is 0.491 e. The smallest absolute Gasteiger partial charge is 0.227 e. The fraction of sp³-hybridized carbons (Fsp3) is 0.300. The summed E-state index contributed by atoms with van der Waals surface area (Å²) in [6.45, 7) is 2.73. The van der Waals surface area contributed by atoms with Crippen LogP contribution in [0.2, 0.25) is 0 Å². The molecule has 2 heterocycles. The van der Waals surface area contributed by atoms with Crippen molar-refractivity contribution in [1.29, 1.82) is 0 Å². The van der Waals surface area contributed by atoms with E-state index in [0.717, 1.165) is 18.4 Å². The van der Waals surface area contributed by atoms with Gasteiger partial charge in [-0.05, 0) is 30.7 Å². The Labute approximate surface area is 157 Å². The lowest BCUT2D eigenvalue weighted by Gasteiger charge is -2.11. The highest BCUT2D eigenvalue weighted by atomic mass is 16.5. The molecular formula is C20H22N4O3. The van der Waals surface area contributed by atoms with Gasteiger partial charge < -0.3 is 14.6 Å². The predicted octanol–water partition coefficient (Wildman–Crippen LogP) is 3.88. The van der Waals surface area contributed by atoms with E-state index in [1.54, 1.807) is 18.5 Å². The molecule has 0 unspecified atom stereocenters. The molecule has 0 saturated heterocycles. The van der Waals surface area contributed by atoms with E-state index in [1.165, 1.54) is 0 Å². The standard InChI is InChI=1S/C20H22N4O3/c1-2-3-13-26-17-9-5-4-8-16(17)22-18(25)10-11-19-23-20(24-27-19)15-7-6-12-21-14-15/h4-9,12,14H,2-3,10-11,13H2,1H3,(H,22,25). The van der Waals surface area contributed by atoms with Gasteiger partial charge in [-0.3, -0.25) is 9.78 Å². The molecule has 1 N–H and O–H groups in total. The summed E-state index contributed by atoms with van der Waals surface area (Å²) in [5.74, 6) is 1.42. The third-order valence-electron chi connectivity index (χ3n) is 3.87. The molecule has 1 aromatic carbocycles. The number of amides is 1. The number of para-hydroxylation sites is 2. The number of aryl methyl sites for hydroxylation is 1. The molecule has 2 aromatic heterocycles. The topological polar surface area (TPSA) is 90.1 Å². The molecule has 0 aliphatic carbocycles. The van der Waals surface area contributed by atoms with Crippen LogP contribution < -0.4 is 10.1 Å². The van der Waals surface area contributed by atoms with Crippen LogP contribution in [0.1, 0.15) is 32.1 Å². The van der Waals surface area contributed by atoms with Gasteiger partial charge in [0.1, 0.15) is 5.75 Å². The van der Waals surface area contributed by atoms with E-state index < -0.39 is 0 Å². The highest BCUT2D eigenvalue weighted by Crippen LogP contribution is 2.24. The fourth-order valence-corrected chi connectivity index (χ4v) is 2.42. The summed E-state index contributed by atoms with van der Waals surface area (Å²) in [7, 11) is 0. The maximum absolute atomic E-state index is 12.3. The molecule has 3 aromatic rings. The third kappa shape index (κ3) is 5.37. The van der Waals surface area contributed by atoms with Crippen LogP contribution in [0, 0.1) is 0 Å². The minimum atomic E-state index is -0.136. The first kappa shape index (κ1) is 18.6. The number of hydrogen-bond donors (Lipinski definition) is 1. The van der Waals surface area contributed by atoms with Crippen LogP contribution in [0.25, 0.3) is 11.4 Å². The van der Waals surface area contributed by atoms with Crippen LogP contribution in [-0.2, 0) is 11.2 Å². The van der Waals surface area contributed by atoms with Crippen molar-refractivity contribution in [3.05, 3.63) is 54.7 Å². The molecule has 0 aliphatic rings. The van der Waals surface area contributed by atoms with E-state index in [0.29, 0.717) is 36.2 Å². The highest BCUT2D eigenvalue weighted by molar-refractivity contribution is 5.92. The van der Waals surface area contributed by atoms with E-state index >= 15 is 0 Å². The van der Waals surface area contributed by atoms with Gasteiger partial charge in [-0.15, -0.1) is 0 Å². The molecule has 1 amide bonds. The van der Waals surface area contributed by atoms with E-state index in [9.17, 15) is 4.79 Å². The lowest BCUT2D eigenvalue weighted by Crippen LogP contribution is -2.13. The number of ether oxygens (including phenoxy) is 1. The number of carbonyl (C=O) groups excluding carboxylic acids is 1. The van der Waals surface area contributed by atoms with Gasteiger partial charge in [0.05, 0.1) is 12.3 Å². The number of nitrogens with one attached hydrogen (secondary N) is 1. The van der Waals surface area contributed by atoms with Crippen molar-refractivity contribution in [2.75, 3.05) is 11.9 Å². The Morgan fingerprint density at radius 2 is 2.11 bits per heavy atom. The van der Waals surface area contributed by atoms with Crippen LogP contribution in [0.3, 0.4) is 0 Å². The number of benzene rings is 1. The van der Waals surface area contributed by atoms with E-state index in [4.69, 9.17) is 9.26 Å². The molecule has 27 heavy (non-hydrogen) atoms. The van der Waals surface area contributed by atoms with Crippen LogP contribution in [0.5, 0.6) is 5.75 Å². The SMILES string of the molecule is CCCCOc1ccccc1NC(=O)CCc1nc(-c2cccnc2)no1. The van der Waals surface area contributed by atoms with Crippen molar-refractivity contribution >= 4 is 11.6 Å². The molecule has 7 heteroatoms. The first-order valence-electron chi connectivity index (χ1n) is 9.01. The highest BCUT2D eigenvalue weighted by Gasteiger charge is 2.12. The fourth-order valence-electron chi connectivity index (χ4n) is 2.42. The minimum Gasteiger partial charge on any atom is -0.491 e. The molecule has 0 saturated carbocycles. The lowest BCUT2D eigenvalue weighted by molar-refractivity contribution is -0.116. The summed E-state index contributed by atoms with van der Waals surface area (Å²) in [4.78, 5) is 20.6. The Hall–Kier alpha value is -3.22. The first-order chi connectivity index (χ1) is 13.3. The Bertz CT molecular complexity index is 864. The van der Waals surface area contributed by atoms with Crippen molar-refractivity contribution in [1.82, 2.24) is 15.1 Å². The van der Waals surface area contributed by atoms with Crippen LogP contribution in [0.15, 0.2) is 53.3 Å². The van der Waals surface area contributed by atoms with Crippen molar-refractivity contribution < 1.29 is 14.1 Å². The summed E-state index contributed by atoms with van der Waals surface area (Å²) in [5.41, 5.74) is 1.44. The summed E-state index contributed by atoms with van der Waals surface area (Å²) < 4.78 is 10.9. The number of anilines is 1. The van der Waals surface area contributed by atoms with E-state index in [-0.39, 0.29) is 12.3 Å². The van der Waals surface area contributed by atoms with Gasteiger partial charge in [-0.25, -0.2) is 0 Å². The van der Waals surface area contributed by atoms with Gasteiger partial charge >= 0.3 is 0 Å². The minimum absolute atomic E-state index is 0.136. The van der Waals surface area contributed by atoms with Crippen LogP contribution in [0.4, 0.5) is 5.69 Å². The number of rotatable bonds is 9. The Kier molecular flexibility index (Phi) is 6.51. The van der Waals surface area contributed by atoms with Gasteiger partial charge in [-0.2, -0.15) is 4.98 Å². The monoisotopic (exact) mass is 366 g/mol. The zero-order chi connectivity index (χ0) is 18.9. The van der Waals surface area contributed by atoms with E-state index in [2.05, 4.69) is 27.4 Å². The second-order valence-electron chi connectivity index (χ2n) is 6.00. The van der Waals surface area contributed by atoms with Crippen LogP contribution >= 0.6 is 0 Å². The van der Waals surface area contributed by atoms with Gasteiger partial charge in [0.2, 0.25) is 17.6 Å². The number of nitrogens with zero attached hydrogens (tertiary/aromatic N) is 3. The van der Waals surface area contributed by atoms with Crippen LogP contribution in [-0.4, -0.2) is 27.6 Å². The lowest BCUT2D eigenvalue weighted by atomic mass is 10.2. The second kappa shape index (κ2) is 9.47. The molecular weight excluding hydrogens is 344 g/mol. The Morgan fingerprint density at radius 3 is 2.93 bits per heavy atom. The van der Waals surface area contributed by atoms with Gasteiger partial charge in [-0.1, -0.05) is 30.6 Å². The van der Waals surface area contributed by atoms with Gasteiger partial charge in [0.15, 0.2) is 0 Å². The summed E-state index contributed by atoms with van der Waals surface area (Å²) in [5, 5.41) is 6.81. The van der Waals surface area contributed by atoms with Crippen molar-refractivity contribution in [3.63, 3.8) is 0 Å². The zero-order valence-corrected chi connectivity index (χ0v) is 15.2. The number of carbonyl (C=O) groups is 1. The third-order valence-corrected chi connectivity index (χ3v) is 3.87. The first-order valence-corrected chi connectivity index (χ1v) is 9.01. The second-order valence-corrected chi connectivity index (χ2v) is 6.00. The quantitative estimate of drug-likeness (QED) is 0.578. The molecule has 0 atom stereocenters. The maximum atomic E-state index is 12.3. The molecule has 7 nitrogen and oxygen atoms in total. The van der Waals surface area contributed by atoms with Gasteiger partial charge in [0.25, 0.3) is 0 Å². The Balaban J connectivity index is 1.54. The molecule has 0 aliphatic heterocycles. The average molecular weight is 366 g/mol. The molecule has 0 spiro atoms. The number of hydrogen-bond acceptors (Lipinski definition) is 6. The summed E-state index contributed by atoms with van der Waals surface area (Å²) in [6, 6.07) is 11.1. The summed E-state index contributed by atoms with van der Waals surface area (Å²) in [6.07, 6.45) is 5.96. The Morgan fingerprint density at radius 1 is 1.22 bits per heavy atom. The molecule has 0 bridgehead atoms.